The predicted octanol–water partition coefficient (Wildman–Crippen LogP) is 2.12. The zero-order chi connectivity index (χ0) is 17.9. The van der Waals surface area contributed by atoms with E-state index in [0.717, 1.165) is 36.9 Å². The highest BCUT2D eigenvalue weighted by Crippen LogP contribution is 2.32. The van der Waals surface area contributed by atoms with Crippen molar-refractivity contribution in [1.29, 1.82) is 0 Å². The number of aromatic nitrogens is 6. The molecular formula is C18H23N7O. The van der Waals surface area contributed by atoms with Crippen LogP contribution in [-0.2, 0) is 4.74 Å². The number of hydrogen-bond donors (Lipinski definition) is 2. The molecule has 1 aliphatic rings. The Balaban J connectivity index is 1.45. The van der Waals surface area contributed by atoms with Crippen LogP contribution in [0.25, 0.3) is 5.69 Å². The van der Waals surface area contributed by atoms with Gasteiger partial charge in [-0.25, -0.2) is 9.67 Å². The summed E-state index contributed by atoms with van der Waals surface area (Å²) < 4.78 is 7.68. The molecule has 0 saturated carbocycles. The van der Waals surface area contributed by atoms with Gasteiger partial charge < -0.3 is 10.1 Å². The molecule has 0 spiro atoms. The number of benzene rings is 1. The topological polar surface area (TPSA) is 93.5 Å². The highest BCUT2D eigenvalue weighted by Gasteiger charge is 2.32. The van der Waals surface area contributed by atoms with E-state index in [4.69, 9.17) is 4.74 Å². The van der Waals surface area contributed by atoms with Gasteiger partial charge in [-0.05, 0) is 31.9 Å². The number of ether oxygens (including phenoxy) is 1. The summed E-state index contributed by atoms with van der Waals surface area (Å²) in [5.41, 5.74) is 2.22. The SMILES string of the molecule is Cc1nc([C@H]2OCC[C@H]2CNC(C)c2ccccc2-n2ccnn2)n[nH]1. The average Bonchev–Trinajstić information content (AvgIpc) is 3.41. The van der Waals surface area contributed by atoms with Gasteiger partial charge in [0.15, 0.2) is 5.82 Å². The number of hydrogen-bond acceptors (Lipinski definition) is 6. The van der Waals surface area contributed by atoms with Crippen molar-refractivity contribution in [1.82, 2.24) is 35.5 Å². The van der Waals surface area contributed by atoms with E-state index in [1.807, 2.05) is 25.3 Å². The zero-order valence-electron chi connectivity index (χ0n) is 15.0. The molecule has 1 aliphatic heterocycles. The van der Waals surface area contributed by atoms with Crippen molar-refractivity contribution < 1.29 is 4.74 Å². The van der Waals surface area contributed by atoms with E-state index in [1.165, 1.54) is 5.56 Å². The lowest BCUT2D eigenvalue weighted by atomic mass is 9.99. The maximum absolute atomic E-state index is 5.88. The first-order valence-electron chi connectivity index (χ1n) is 8.92. The highest BCUT2D eigenvalue weighted by atomic mass is 16.5. The minimum Gasteiger partial charge on any atom is -0.370 e. The van der Waals surface area contributed by atoms with Crippen LogP contribution in [-0.4, -0.2) is 43.3 Å². The molecule has 136 valence electrons. The fourth-order valence-corrected chi connectivity index (χ4v) is 3.45. The lowest BCUT2D eigenvalue weighted by Crippen LogP contribution is -2.28. The molecule has 2 aromatic heterocycles. The van der Waals surface area contributed by atoms with Gasteiger partial charge in [-0.15, -0.1) is 5.10 Å². The molecule has 8 nitrogen and oxygen atoms in total. The van der Waals surface area contributed by atoms with E-state index < -0.39 is 0 Å². The van der Waals surface area contributed by atoms with Gasteiger partial charge in [0.1, 0.15) is 11.9 Å². The van der Waals surface area contributed by atoms with Crippen LogP contribution in [0, 0.1) is 12.8 Å². The van der Waals surface area contributed by atoms with Crippen molar-refractivity contribution in [3.05, 3.63) is 53.9 Å². The highest BCUT2D eigenvalue weighted by molar-refractivity contribution is 5.41. The zero-order valence-corrected chi connectivity index (χ0v) is 15.0. The standard InChI is InChI=1S/C18H23N7O/c1-12(15-5-3-4-6-16(15)25-9-8-20-24-25)19-11-14-7-10-26-17(14)18-21-13(2)22-23-18/h3-6,8-9,12,14,17,19H,7,10-11H2,1-2H3,(H,21,22,23)/t12?,14-,17-/m0/s1. The first kappa shape index (κ1) is 16.9. The van der Waals surface area contributed by atoms with Crippen molar-refractivity contribution in [3.63, 3.8) is 0 Å². The van der Waals surface area contributed by atoms with Crippen molar-refractivity contribution in [2.45, 2.75) is 32.4 Å². The van der Waals surface area contributed by atoms with Crippen LogP contribution in [0.1, 0.15) is 42.7 Å². The van der Waals surface area contributed by atoms with Crippen LogP contribution in [0.2, 0.25) is 0 Å². The molecule has 2 N–H and O–H groups in total. The average molecular weight is 353 g/mol. The van der Waals surface area contributed by atoms with Gasteiger partial charge in [-0.1, -0.05) is 23.4 Å². The molecular weight excluding hydrogens is 330 g/mol. The van der Waals surface area contributed by atoms with Crippen molar-refractivity contribution in [2.24, 2.45) is 5.92 Å². The Morgan fingerprint density at radius 2 is 2.27 bits per heavy atom. The van der Waals surface area contributed by atoms with E-state index in [1.54, 1.807) is 10.9 Å². The van der Waals surface area contributed by atoms with E-state index in [-0.39, 0.29) is 12.1 Å². The second kappa shape index (κ2) is 7.35. The molecule has 0 radical (unpaired) electrons. The normalized spacial score (nSPS) is 21.2. The molecule has 0 amide bonds. The van der Waals surface area contributed by atoms with Crippen LogP contribution < -0.4 is 5.32 Å². The fourth-order valence-electron chi connectivity index (χ4n) is 3.45. The molecule has 26 heavy (non-hydrogen) atoms. The summed E-state index contributed by atoms with van der Waals surface area (Å²) in [7, 11) is 0. The summed E-state index contributed by atoms with van der Waals surface area (Å²) in [4.78, 5) is 4.44. The van der Waals surface area contributed by atoms with Crippen LogP contribution >= 0.6 is 0 Å². The maximum atomic E-state index is 5.88. The lowest BCUT2D eigenvalue weighted by molar-refractivity contribution is 0.0830. The van der Waals surface area contributed by atoms with Crippen molar-refractivity contribution >= 4 is 0 Å². The molecule has 1 unspecified atom stereocenters. The molecule has 3 heterocycles. The molecule has 3 aromatic rings. The third-order valence-corrected chi connectivity index (χ3v) is 4.84. The van der Waals surface area contributed by atoms with Crippen LogP contribution in [0.15, 0.2) is 36.7 Å². The third-order valence-electron chi connectivity index (χ3n) is 4.84. The van der Waals surface area contributed by atoms with Gasteiger partial charge in [-0.2, -0.15) is 5.10 Å². The monoisotopic (exact) mass is 353 g/mol. The Labute approximate surface area is 152 Å². The van der Waals surface area contributed by atoms with Gasteiger partial charge in [0.05, 0.1) is 18.1 Å². The first-order chi connectivity index (χ1) is 12.7. The Kier molecular flexibility index (Phi) is 4.77. The molecule has 1 saturated heterocycles. The van der Waals surface area contributed by atoms with Crippen LogP contribution in [0.5, 0.6) is 0 Å². The van der Waals surface area contributed by atoms with E-state index >= 15 is 0 Å². The second-order valence-electron chi connectivity index (χ2n) is 6.66. The van der Waals surface area contributed by atoms with Gasteiger partial charge in [0, 0.05) is 25.1 Å². The Hall–Kier alpha value is -2.58. The summed E-state index contributed by atoms with van der Waals surface area (Å²) in [6.07, 6.45) is 4.50. The predicted molar refractivity (Wildman–Crippen MR) is 95.7 cm³/mol. The Bertz CT molecular complexity index is 845. The van der Waals surface area contributed by atoms with Gasteiger partial charge in [0.25, 0.3) is 0 Å². The minimum absolute atomic E-state index is 0.0507. The number of H-pyrrole nitrogens is 1. The smallest absolute Gasteiger partial charge is 0.179 e. The van der Waals surface area contributed by atoms with Gasteiger partial charge in [-0.3, -0.25) is 5.10 Å². The van der Waals surface area contributed by atoms with Crippen LogP contribution in [0.4, 0.5) is 0 Å². The quantitative estimate of drug-likeness (QED) is 0.705. The Morgan fingerprint density at radius 3 is 3.04 bits per heavy atom. The molecule has 1 aromatic carbocycles. The number of nitrogens with one attached hydrogen (secondary N) is 2. The summed E-state index contributed by atoms with van der Waals surface area (Å²) in [6, 6.07) is 8.41. The van der Waals surface area contributed by atoms with Crippen LogP contribution in [0.3, 0.4) is 0 Å². The molecule has 1 fully saturated rings. The third kappa shape index (κ3) is 3.38. The first-order valence-corrected chi connectivity index (χ1v) is 8.92. The summed E-state index contributed by atoms with van der Waals surface area (Å²) in [6.45, 7) is 5.65. The largest absolute Gasteiger partial charge is 0.370 e. The number of rotatable bonds is 6. The van der Waals surface area contributed by atoms with E-state index in [0.29, 0.717) is 5.92 Å². The summed E-state index contributed by atoms with van der Waals surface area (Å²) in [5.74, 6) is 1.92. The lowest BCUT2D eigenvalue weighted by Gasteiger charge is -2.22. The Morgan fingerprint density at radius 1 is 1.38 bits per heavy atom. The summed E-state index contributed by atoms with van der Waals surface area (Å²) >= 11 is 0. The van der Waals surface area contributed by atoms with Gasteiger partial charge >= 0.3 is 0 Å². The second-order valence-corrected chi connectivity index (χ2v) is 6.66. The molecule has 0 aliphatic carbocycles. The number of para-hydroxylation sites is 1. The number of aromatic amines is 1. The molecule has 8 heteroatoms. The van der Waals surface area contributed by atoms with Crippen molar-refractivity contribution in [3.8, 4) is 5.69 Å². The minimum atomic E-state index is -0.0507. The molecule has 3 atom stereocenters. The summed E-state index contributed by atoms with van der Waals surface area (Å²) in [5, 5.41) is 18.9. The number of aryl methyl sites for hydroxylation is 1. The molecule has 0 bridgehead atoms. The van der Waals surface area contributed by atoms with Gasteiger partial charge in [0.2, 0.25) is 0 Å². The maximum Gasteiger partial charge on any atom is 0.179 e. The molecule has 4 rings (SSSR count). The van der Waals surface area contributed by atoms with Crippen molar-refractivity contribution in [2.75, 3.05) is 13.2 Å². The number of nitrogens with zero attached hydrogens (tertiary/aromatic N) is 5. The van der Waals surface area contributed by atoms with E-state index in [9.17, 15) is 0 Å². The van der Waals surface area contributed by atoms with E-state index in [2.05, 4.69) is 49.9 Å². The fraction of sp³-hybridized carbons (Fsp3) is 0.444.